The highest BCUT2D eigenvalue weighted by molar-refractivity contribution is 5.53. The fraction of sp³-hybridized carbons (Fsp3) is 0.333. The van der Waals surface area contributed by atoms with Gasteiger partial charge in [0, 0.05) is 11.5 Å². The fourth-order valence-corrected chi connectivity index (χ4v) is 1.88. The van der Waals surface area contributed by atoms with Crippen LogP contribution in [0.2, 0.25) is 0 Å². The summed E-state index contributed by atoms with van der Waals surface area (Å²) in [7, 11) is 1.62. The molecule has 2 heterocycles. The van der Waals surface area contributed by atoms with Gasteiger partial charge in [-0.3, -0.25) is 0 Å². The Morgan fingerprint density at radius 1 is 1.09 bits per heavy atom. The van der Waals surface area contributed by atoms with Gasteiger partial charge in [-0.2, -0.15) is 4.98 Å². The quantitative estimate of drug-likeness (QED) is 0.716. The fourth-order valence-electron chi connectivity index (χ4n) is 1.88. The molecule has 0 atom stereocenters. The van der Waals surface area contributed by atoms with Gasteiger partial charge in [-0.25, -0.2) is 0 Å². The molecule has 7 heteroatoms. The molecule has 114 valence electrons. The number of hydrogen-bond donors (Lipinski definition) is 0. The Hall–Kier alpha value is -2.70. The molecule has 0 aliphatic rings. The highest BCUT2D eigenvalue weighted by Crippen LogP contribution is 2.22. The van der Waals surface area contributed by atoms with Crippen LogP contribution in [0.5, 0.6) is 5.75 Å². The molecule has 3 aromatic rings. The lowest BCUT2D eigenvalue weighted by Gasteiger charge is -1.99. The van der Waals surface area contributed by atoms with Gasteiger partial charge in [-0.15, -0.1) is 10.2 Å². The van der Waals surface area contributed by atoms with Crippen molar-refractivity contribution in [2.24, 2.45) is 0 Å². The van der Waals surface area contributed by atoms with Crippen LogP contribution in [-0.4, -0.2) is 27.4 Å². The van der Waals surface area contributed by atoms with Crippen LogP contribution in [0.4, 0.5) is 0 Å². The summed E-state index contributed by atoms with van der Waals surface area (Å²) < 4.78 is 15.9. The largest absolute Gasteiger partial charge is 0.497 e. The number of methoxy groups -OCH3 is 1. The van der Waals surface area contributed by atoms with E-state index in [1.807, 2.05) is 38.1 Å². The molecule has 22 heavy (non-hydrogen) atoms. The number of rotatable bonds is 5. The maximum Gasteiger partial charge on any atom is 0.247 e. The van der Waals surface area contributed by atoms with Crippen LogP contribution < -0.4 is 4.74 Å². The first-order valence-electron chi connectivity index (χ1n) is 6.95. The van der Waals surface area contributed by atoms with Crippen molar-refractivity contribution in [2.45, 2.75) is 26.2 Å². The van der Waals surface area contributed by atoms with E-state index in [9.17, 15) is 0 Å². The van der Waals surface area contributed by atoms with Crippen molar-refractivity contribution in [1.82, 2.24) is 20.3 Å². The first kappa shape index (κ1) is 14.2. The second-order valence-electron chi connectivity index (χ2n) is 5.11. The van der Waals surface area contributed by atoms with Gasteiger partial charge in [0.25, 0.3) is 0 Å². The van der Waals surface area contributed by atoms with Gasteiger partial charge in [0.05, 0.1) is 7.11 Å². The highest BCUT2D eigenvalue weighted by Gasteiger charge is 2.14. The molecule has 0 unspecified atom stereocenters. The molecule has 0 radical (unpaired) electrons. The average molecular weight is 300 g/mol. The van der Waals surface area contributed by atoms with Gasteiger partial charge in [-0.1, -0.05) is 19.0 Å². The molecule has 0 N–H and O–H groups in total. The summed E-state index contributed by atoms with van der Waals surface area (Å²) in [5, 5.41) is 11.9. The summed E-state index contributed by atoms with van der Waals surface area (Å²) in [6.07, 6.45) is 0.322. The lowest BCUT2D eigenvalue weighted by Crippen LogP contribution is -1.92. The van der Waals surface area contributed by atoms with Gasteiger partial charge in [0.15, 0.2) is 5.82 Å². The zero-order valence-electron chi connectivity index (χ0n) is 12.6. The van der Waals surface area contributed by atoms with Crippen molar-refractivity contribution in [3.05, 3.63) is 41.9 Å². The van der Waals surface area contributed by atoms with E-state index in [1.54, 1.807) is 7.11 Å². The summed E-state index contributed by atoms with van der Waals surface area (Å²) in [5.41, 5.74) is 0.827. The number of aromatic nitrogens is 4. The van der Waals surface area contributed by atoms with Crippen molar-refractivity contribution in [3.8, 4) is 17.2 Å². The van der Waals surface area contributed by atoms with Crippen molar-refractivity contribution in [2.75, 3.05) is 7.11 Å². The minimum absolute atomic E-state index is 0.218. The van der Waals surface area contributed by atoms with Gasteiger partial charge < -0.3 is 13.7 Å². The van der Waals surface area contributed by atoms with Crippen LogP contribution in [-0.2, 0) is 6.42 Å². The minimum Gasteiger partial charge on any atom is -0.497 e. The Bertz CT molecular complexity index is 746. The molecular formula is C15H16N4O3. The summed E-state index contributed by atoms with van der Waals surface area (Å²) in [6.45, 7) is 4.01. The van der Waals surface area contributed by atoms with E-state index < -0.39 is 0 Å². The number of benzene rings is 1. The normalized spacial score (nSPS) is 11.1. The Balaban J connectivity index is 1.74. The van der Waals surface area contributed by atoms with Crippen molar-refractivity contribution < 1.29 is 13.7 Å². The summed E-state index contributed by atoms with van der Waals surface area (Å²) in [5.74, 6) is 3.01. The van der Waals surface area contributed by atoms with Crippen LogP contribution in [0.25, 0.3) is 11.5 Å². The molecule has 0 saturated heterocycles. The van der Waals surface area contributed by atoms with Crippen LogP contribution in [0.1, 0.15) is 37.4 Å². The molecule has 3 rings (SSSR count). The van der Waals surface area contributed by atoms with Crippen molar-refractivity contribution >= 4 is 0 Å². The molecule has 0 spiro atoms. The number of hydrogen-bond acceptors (Lipinski definition) is 7. The molecule has 0 fully saturated rings. The van der Waals surface area contributed by atoms with E-state index >= 15 is 0 Å². The van der Waals surface area contributed by atoms with E-state index in [-0.39, 0.29) is 5.92 Å². The van der Waals surface area contributed by atoms with Gasteiger partial charge in [0.1, 0.15) is 12.2 Å². The molecule has 0 bridgehead atoms. The molecule has 0 aliphatic carbocycles. The lowest BCUT2D eigenvalue weighted by atomic mass is 10.2. The third-order valence-corrected chi connectivity index (χ3v) is 3.11. The molecule has 2 aromatic heterocycles. The first-order chi connectivity index (χ1) is 10.7. The highest BCUT2D eigenvalue weighted by atomic mass is 16.5. The van der Waals surface area contributed by atoms with Crippen LogP contribution in [0.15, 0.2) is 33.2 Å². The van der Waals surface area contributed by atoms with E-state index in [4.69, 9.17) is 13.7 Å². The predicted octanol–water partition coefficient (Wildman–Crippen LogP) is 2.84. The number of ether oxygens (including phenoxy) is 1. The predicted molar refractivity (Wildman–Crippen MR) is 77.5 cm³/mol. The summed E-state index contributed by atoms with van der Waals surface area (Å²) in [4.78, 5) is 4.29. The maximum absolute atomic E-state index is 5.63. The van der Waals surface area contributed by atoms with Crippen molar-refractivity contribution in [1.29, 1.82) is 0 Å². The van der Waals surface area contributed by atoms with E-state index in [0.29, 0.717) is 29.9 Å². The second-order valence-corrected chi connectivity index (χ2v) is 5.11. The topological polar surface area (TPSA) is 87.1 Å². The third kappa shape index (κ3) is 2.98. The van der Waals surface area contributed by atoms with Gasteiger partial charge in [-0.05, 0) is 24.3 Å². The molecule has 0 saturated carbocycles. The summed E-state index contributed by atoms with van der Waals surface area (Å²) >= 11 is 0. The maximum atomic E-state index is 5.63. The molecular weight excluding hydrogens is 284 g/mol. The average Bonchev–Trinajstić information content (AvgIpc) is 3.17. The lowest BCUT2D eigenvalue weighted by molar-refractivity contribution is 0.367. The standard InChI is InChI=1S/C15H16N4O3/c1-9(2)14-16-12(22-19-14)8-13-17-18-15(21-13)10-4-6-11(20-3)7-5-10/h4-7,9H,8H2,1-3H3. The zero-order chi connectivity index (χ0) is 15.5. The first-order valence-corrected chi connectivity index (χ1v) is 6.95. The smallest absolute Gasteiger partial charge is 0.247 e. The van der Waals surface area contributed by atoms with Crippen LogP contribution in [0.3, 0.4) is 0 Å². The molecule has 0 aliphatic heterocycles. The Morgan fingerprint density at radius 2 is 1.86 bits per heavy atom. The SMILES string of the molecule is COc1ccc(-c2nnc(Cc3nc(C(C)C)no3)o2)cc1. The minimum atomic E-state index is 0.218. The van der Waals surface area contributed by atoms with Crippen LogP contribution in [0, 0.1) is 0 Å². The Morgan fingerprint density at radius 3 is 2.50 bits per heavy atom. The molecule has 7 nitrogen and oxygen atoms in total. The Kier molecular flexibility index (Phi) is 3.86. The summed E-state index contributed by atoms with van der Waals surface area (Å²) in [6, 6.07) is 7.40. The zero-order valence-corrected chi connectivity index (χ0v) is 12.6. The Labute approximate surface area is 127 Å². The van der Waals surface area contributed by atoms with E-state index in [1.165, 1.54) is 0 Å². The van der Waals surface area contributed by atoms with Crippen LogP contribution >= 0.6 is 0 Å². The monoisotopic (exact) mass is 300 g/mol. The molecule has 1 aromatic carbocycles. The van der Waals surface area contributed by atoms with Gasteiger partial charge >= 0.3 is 0 Å². The second kappa shape index (κ2) is 5.97. The van der Waals surface area contributed by atoms with E-state index in [0.717, 1.165) is 11.3 Å². The number of nitrogens with zero attached hydrogens (tertiary/aromatic N) is 4. The van der Waals surface area contributed by atoms with E-state index in [2.05, 4.69) is 20.3 Å². The van der Waals surface area contributed by atoms with Crippen molar-refractivity contribution in [3.63, 3.8) is 0 Å². The van der Waals surface area contributed by atoms with Gasteiger partial charge in [0.2, 0.25) is 17.7 Å². The molecule has 0 amide bonds. The third-order valence-electron chi connectivity index (χ3n) is 3.11.